The first-order chi connectivity index (χ1) is 10.0. The number of anilines is 1. The Labute approximate surface area is 129 Å². The van der Waals surface area contributed by atoms with Gasteiger partial charge in [0.1, 0.15) is 5.69 Å². The second kappa shape index (κ2) is 6.36. The van der Waals surface area contributed by atoms with Crippen LogP contribution in [0.15, 0.2) is 46.2 Å². The highest BCUT2D eigenvalue weighted by atomic mass is 79.9. The van der Waals surface area contributed by atoms with Gasteiger partial charge in [0.05, 0.1) is 5.69 Å². The molecule has 0 atom stereocenters. The topological polar surface area (TPSA) is 101 Å². The number of pyridine rings is 1. The molecule has 108 valence electrons. The van der Waals surface area contributed by atoms with E-state index in [1.807, 2.05) is 0 Å². The summed E-state index contributed by atoms with van der Waals surface area (Å²) in [7, 11) is 0. The Kier molecular flexibility index (Phi) is 4.54. The summed E-state index contributed by atoms with van der Waals surface area (Å²) in [5.41, 5.74) is 7.53. The molecule has 4 N–H and O–H groups in total. The highest BCUT2D eigenvalue weighted by Gasteiger charge is 2.14. The quantitative estimate of drug-likeness (QED) is 0.343. The molecule has 2 rings (SSSR count). The normalized spacial score (nSPS) is 11.2. The van der Waals surface area contributed by atoms with Crippen LogP contribution in [-0.4, -0.2) is 21.9 Å². The standard InChI is InChI=1S/C14H13BrN4O2/c1-8-3-2-6-17-12(8)14(20)18-11-7-9(15)4-5-10(11)13(16)19-21/h2-7,21H,1H3,(H2,16,19)(H,18,20). The van der Waals surface area contributed by atoms with Crippen molar-refractivity contribution in [2.75, 3.05) is 5.32 Å². The molecule has 21 heavy (non-hydrogen) atoms. The Bertz CT molecular complexity index is 716. The monoisotopic (exact) mass is 348 g/mol. The second-order valence-corrected chi connectivity index (χ2v) is 5.21. The minimum absolute atomic E-state index is 0.0875. The zero-order chi connectivity index (χ0) is 15.4. The van der Waals surface area contributed by atoms with E-state index < -0.39 is 0 Å². The predicted octanol–water partition coefficient (Wildman–Crippen LogP) is 2.50. The van der Waals surface area contributed by atoms with Gasteiger partial charge in [0.25, 0.3) is 5.91 Å². The number of benzene rings is 1. The smallest absolute Gasteiger partial charge is 0.274 e. The van der Waals surface area contributed by atoms with E-state index in [4.69, 9.17) is 10.9 Å². The van der Waals surface area contributed by atoms with Crippen LogP contribution in [0.5, 0.6) is 0 Å². The van der Waals surface area contributed by atoms with Crippen LogP contribution >= 0.6 is 15.9 Å². The third-order valence-corrected chi connectivity index (χ3v) is 3.33. The van der Waals surface area contributed by atoms with Gasteiger partial charge >= 0.3 is 0 Å². The highest BCUT2D eigenvalue weighted by Crippen LogP contribution is 2.22. The molecular weight excluding hydrogens is 336 g/mol. The van der Waals surface area contributed by atoms with E-state index in [1.165, 1.54) is 0 Å². The Morgan fingerprint density at radius 1 is 1.43 bits per heavy atom. The molecule has 0 aliphatic heterocycles. The van der Waals surface area contributed by atoms with Gasteiger partial charge in [0, 0.05) is 16.2 Å². The van der Waals surface area contributed by atoms with Crippen molar-refractivity contribution in [3.63, 3.8) is 0 Å². The van der Waals surface area contributed by atoms with Crippen molar-refractivity contribution in [2.24, 2.45) is 10.9 Å². The maximum atomic E-state index is 12.3. The molecule has 0 fully saturated rings. The molecule has 0 radical (unpaired) electrons. The van der Waals surface area contributed by atoms with E-state index in [2.05, 4.69) is 31.4 Å². The molecular formula is C14H13BrN4O2. The van der Waals surface area contributed by atoms with E-state index in [9.17, 15) is 4.79 Å². The second-order valence-electron chi connectivity index (χ2n) is 4.30. The van der Waals surface area contributed by atoms with Crippen molar-refractivity contribution in [1.82, 2.24) is 4.98 Å². The summed E-state index contributed by atoms with van der Waals surface area (Å²) < 4.78 is 0.755. The van der Waals surface area contributed by atoms with Gasteiger partial charge in [0.2, 0.25) is 0 Å². The van der Waals surface area contributed by atoms with Gasteiger partial charge in [-0.05, 0) is 36.8 Å². The molecule has 0 unspecified atom stereocenters. The van der Waals surface area contributed by atoms with E-state index in [0.29, 0.717) is 16.9 Å². The molecule has 0 aliphatic carbocycles. The number of aromatic nitrogens is 1. The number of hydrogen-bond acceptors (Lipinski definition) is 4. The lowest BCUT2D eigenvalue weighted by molar-refractivity contribution is 0.102. The molecule has 7 heteroatoms. The van der Waals surface area contributed by atoms with Gasteiger partial charge in [-0.3, -0.25) is 9.78 Å². The largest absolute Gasteiger partial charge is 0.409 e. The first kappa shape index (κ1) is 15.0. The number of carbonyl (C=O) groups is 1. The predicted molar refractivity (Wildman–Crippen MR) is 83.6 cm³/mol. The number of aryl methyl sites for hydroxylation is 1. The third kappa shape index (κ3) is 3.38. The molecule has 0 aliphatic rings. The Morgan fingerprint density at radius 2 is 2.19 bits per heavy atom. The number of carbonyl (C=O) groups excluding carboxylic acids is 1. The SMILES string of the molecule is Cc1cccnc1C(=O)Nc1cc(Br)ccc1/C(N)=N/O. The number of rotatable bonds is 3. The fourth-order valence-corrected chi connectivity index (χ4v) is 2.16. The fraction of sp³-hybridized carbons (Fsp3) is 0.0714. The first-order valence-corrected chi connectivity index (χ1v) is 6.82. The summed E-state index contributed by atoms with van der Waals surface area (Å²) in [5, 5.41) is 14.5. The lowest BCUT2D eigenvalue weighted by Gasteiger charge is -2.11. The molecule has 1 aromatic carbocycles. The molecule has 1 heterocycles. The summed E-state index contributed by atoms with van der Waals surface area (Å²) >= 11 is 3.32. The van der Waals surface area contributed by atoms with Crippen LogP contribution in [-0.2, 0) is 0 Å². The molecule has 0 saturated heterocycles. The van der Waals surface area contributed by atoms with Gasteiger partial charge in [-0.2, -0.15) is 0 Å². The highest BCUT2D eigenvalue weighted by molar-refractivity contribution is 9.10. The van der Waals surface area contributed by atoms with Crippen molar-refractivity contribution in [3.8, 4) is 0 Å². The van der Waals surface area contributed by atoms with Crippen LogP contribution in [0, 0.1) is 6.92 Å². The Balaban J connectivity index is 2.37. The minimum atomic E-state index is -0.363. The Morgan fingerprint density at radius 3 is 2.86 bits per heavy atom. The number of amidine groups is 1. The average Bonchev–Trinajstić information content (AvgIpc) is 2.47. The van der Waals surface area contributed by atoms with Crippen molar-refractivity contribution in [1.29, 1.82) is 0 Å². The summed E-state index contributed by atoms with van der Waals surface area (Å²) in [6.45, 7) is 1.80. The maximum absolute atomic E-state index is 12.3. The lowest BCUT2D eigenvalue weighted by Crippen LogP contribution is -2.20. The maximum Gasteiger partial charge on any atom is 0.274 e. The van der Waals surface area contributed by atoms with Crippen LogP contribution in [0.3, 0.4) is 0 Å². The van der Waals surface area contributed by atoms with Gasteiger partial charge in [-0.15, -0.1) is 0 Å². The van der Waals surface area contributed by atoms with Crippen LogP contribution < -0.4 is 11.1 Å². The van der Waals surface area contributed by atoms with Crippen LogP contribution in [0.25, 0.3) is 0 Å². The molecule has 0 saturated carbocycles. The molecule has 0 spiro atoms. The van der Waals surface area contributed by atoms with Gasteiger partial charge in [-0.1, -0.05) is 27.2 Å². The molecule has 6 nitrogen and oxygen atoms in total. The van der Waals surface area contributed by atoms with Crippen LogP contribution in [0.1, 0.15) is 21.6 Å². The van der Waals surface area contributed by atoms with Crippen molar-refractivity contribution >= 4 is 33.4 Å². The minimum Gasteiger partial charge on any atom is -0.409 e. The number of amides is 1. The molecule has 1 amide bonds. The lowest BCUT2D eigenvalue weighted by atomic mass is 10.1. The number of nitrogens with two attached hydrogens (primary N) is 1. The van der Waals surface area contributed by atoms with E-state index in [-0.39, 0.29) is 11.7 Å². The number of oxime groups is 1. The number of nitrogens with one attached hydrogen (secondary N) is 1. The summed E-state index contributed by atoms with van der Waals surface area (Å²) in [6, 6.07) is 8.60. The van der Waals surface area contributed by atoms with E-state index in [0.717, 1.165) is 10.0 Å². The molecule has 0 bridgehead atoms. The first-order valence-electron chi connectivity index (χ1n) is 6.03. The van der Waals surface area contributed by atoms with Crippen LogP contribution in [0.2, 0.25) is 0 Å². The van der Waals surface area contributed by atoms with Crippen molar-refractivity contribution < 1.29 is 10.0 Å². The van der Waals surface area contributed by atoms with E-state index >= 15 is 0 Å². The van der Waals surface area contributed by atoms with E-state index in [1.54, 1.807) is 43.5 Å². The summed E-state index contributed by atoms with van der Waals surface area (Å²) in [5.74, 6) is -0.450. The summed E-state index contributed by atoms with van der Waals surface area (Å²) in [6.07, 6.45) is 1.55. The number of halogens is 1. The van der Waals surface area contributed by atoms with Gasteiger partial charge in [0.15, 0.2) is 5.84 Å². The number of nitrogens with zero attached hydrogens (tertiary/aromatic N) is 2. The van der Waals surface area contributed by atoms with Crippen LogP contribution in [0.4, 0.5) is 5.69 Å². The molecule has 1 aromatic heterocycles. The zero-order valence-corrected chi connectivity index (χ0v) is 12.8. The van der Waals surface area contributed by atoms with Gasteiger partial charge in [-0.25, -0.2) is 0 Å². The molecule has 2 aromatic rings. The fourth-order valence-electron chi connectivity index (χ4n) is 1.80. The average molecular weight is 349 g/mol. The zero-order valence-electron chi connectivity index (χ0n) is 11.2. The Hall–Kier alpha value is -2.41. The third-order valence-electron chi connectivity index (χ3n) is 2.84. The van der Waals surface area contributed by atoms with Gasteiger partial charge < -0.3 is 16.3 Å². The van der Waals surface area contributed by atoms with Crippen molar-refractivity contribution in [2.45, 2.75) is 6.92 Å². The number of hydrogen-bond donors (Lipinski definition) is 3. The van der Waals surface area contributed by atoms with Crippen molar-refractivity contribution in [3.05, 3.63) is 57.8 Å². The summed E-state index contributed by atoms with van der Waals surface area (Å²) in [4.78, 5) is 16.3.